The van der Waals surface area contributed by atoms with Gasteiger partial charge in [-0.05, 0) is 49.2 Å². The Balaban J connectivity index is 1.48. The molecule has 2 N–H and O–H groups in total. The van der Waals surface area contributed by atoms with Crippen molar-refractivity contribution in [1.29, 1.82) is 0 Å². The van der Waals surface area contributed by atoms with Gasteiger partial charge in [-0.1, -0.05) is 27.9 Å². The Bertz CT molecular complexity index is 1330. The number of methoxy groups -OCH3 is 1. The van der Waals surface area contributed by atoms with Crippen molar-refractivity contribution in [2.75, 3.05) is 38.7 Å². The number of halogens is 4. The van der Waals surface area contributed by atoms with Gasteiger partial charge in [-0.25, -0.2) is 4.98 Å². The highest BCUT2D eigenvalue weighted by Crippen LogP contribution is 2.33. The fourth-order valence-corrected chi connectivity index (χ4v) is 4.42. The van der Waals surface area contributed by atoms with Crippen LogP contribution in [0.25, 0.3) is 11.4 Å². The summed E-state index contributed by atoms with van der Waals surface area (Å²) in [6.45, 7) is 3.07. The zero-order valence-corrected chi connectivity index (χ0v) is 22.2. The Morgan fingerprint density at radius 1 is 1.29 bits per heavy atom. The van der Waals surface area contributed by atoms with Crippen molar-refractivity contribution in [3.63, 3.8) is 0 Å². The maximum Gasteiger partial charge on any atom is 0.432 e. The van der Waals surface area contributed by atoms with Crippen molar-refractivity contribution in [2.45, 2.75) is 25.1 Å². The predicted octanol–water partition coefficient (Wildman–Crippen LogP) is 5.34. The van der Waals surface area contributed by atoms with Crippen LogP contribution in [0, 0.1) is 11.8 Å². The van der Waals surface area contributed by atoms with Crippen molar-refractivity contribution in [3.8, 4) is 29.0 Å². The number of imidazole rings is 1. The highest BCUT2D eigenvalue weighted by molar-refractivity contribution is 9.10. The summed E-state index contributed by atoms with van der Waals surface area (Å²) in [5.74, 6) is 5.13. The highest BCUT2D eigenvalue weighted by Gasteiger charge is 2.33. The SMILES string of the molecule is COC1CCN(CCCOc2ccc(-c3ncc(C(F)(F)F)[nH]3)cc2NC(=O)C#Cc2cccc(Br)c2)C1. The van der Waals surface area contributed by atoms with E-state index in [2.05, 4.69) is 48.0 Å². The number of carbonyl (C=O) groups excluding carboxylic acids is 1. The van der Waals surface area contributed by atoms with Crippen LogP contribution in [0.2, 0.25) is 0 Å². The number of likely N-dealkylation sites (tertiary alicyclic amines) is 1. The first-order chi connectivity index (χ1) is 18.2. The summed E-state index contributed by atoms with van der Waals surface area (Å²) in [6, 6.07) is 11.9. The second-order valence-electron chi connectivity index (χ2n) is 8.72. The number of nitrogens with zero attached hydrogens (tertiary/aromatic N) is 2. The molecule has 1 atom stereocenters. The van der Waals surface area contributed by atoms with Gasteiger partial charge in [-0.3, -0.25) is 4.79 Å². The molecule has 0 bridgehead atoms. The average molecular weight is 591 g/mol. The van der Waals surface area contributed by atoms with E-state index in [0.29, 0.717) is 23.5 Å². The third-order valence-electron chi connectivity index (χ3n) is 5.97. The van der Waals surface area contributed by atoms with E-state index >= 15 is 0 Å². The molecule has 4 rings (SSSR count). The summed E-state index contributed by atoms with van der Waals surface area (Å²) in [4.78, 5) is 21.0. The topological polar surface area (TPSA) is 79.5 Å². The number of alkyl halides is 3. The lowest BCUT2D eigenvalue weighted by atomic mass is 10.1. The molecule has 2 heterocycles. The molecule has 0 aliphatic carbocycles. The van der Waals surface area contributed by atoms with Gasteiger partial charge in [-0.15, -0.1) is 0 Å². The average Bonchev–Trinajstić information content (AvgIpc) is 3.56. The van der Waals surface area contributed by atoms with E-state index in [1.165, 1.54) is 6.07 Å². The number of rotatable bonds is 8. The number of hydrogen-bond donors (Lipinski definition) is 2. The van der Waals surface area contributed by atoms with E-state index in [0.717, 1.165) is 43.1 Å². The van der Waals surface area contributed by atoms with Crippen molar-refractivity contribution >= 4 is 27.5 Å². The molecule has 1 fully saturated rings. The molecule has 200 valence electrons. The number of nitrogens with one attached hydrogen (secondary N) is 2. The number of ether oxygens (including phenoxy) is 2. The first-order valence-corrected chi connectivity index (χ1v) is 12.7. The summed E-state index contributed by atoms with van der Waals surface area (Å²) in [5.41, 5.74) is 0.316. The fourth-order valence-electron chi connectivity index (χ4n) is 4.02. The third kappa shape index (κ3) is 7.60. The molecule has 11 heteroatoms. The number of carbonyl (C=O) groups is 1. The number of benzene rings is 2. The normalized spacial score (nSPS) is 15.7. The van der Waals surface area contributed by atoms with Crippen LogP contribution < -0.4 is 10.1 Å². The Kier molecular flexibility index (Phi) is 9.09. The van der Waals surface area contributed by atoms with E-state index in [-0.39, 0.29) is 17.6 Å². The molecule has 0 saturated carbocycles. The molecule has 1 aliphatic heterocycles. The molecule has 1 saturated heterocycles. The Labute approximate surface area is 226 Å². The number of hydrogen-bond acceptors (Lipinski definition) is 5. The lowest BCUT2D eigenvalue weighted by Crippen LogP contribution is -2.25. The molecule has 7 nitrogen and oxygen atoms in total. The fraction of sp³-hybridized carbons (Fsp3) is 0.333. The number of anilines is 1. The van der Waals surface area contributed by atoms with Gasteiger partial charge < -0.3 is 24.7 Å². The smallest absolute Gasteiger partial charge is 0.432 e. The number of amides is 1. The first-order valence-electron chi connectivity index (χ1n) is 11.9. The maximum atomic E-state index is 13.0. The van der Waals surface area contributed by atoms with Crippen LogP contribution in [0.1, 0.15) is 24.1 Å². The summed E-state index contributed by atoms with van der Waals surface area (Å²) < 4.78 is 51.3. The van der Waals surface area contributed by atoms with Crippen molar-refractivity contribution in [3.05, 3.63) is 64.4 Å². The van der Waals surface area contributed by atoms with Gasteiger partial charge in [0.1, 0.15) is 17.3 Å². The second-order valence-corrected chi connectivity index (χ2v) is 9.63. The van der Waals surface area contributed by atoms with Crippen LogP contribution >= 0.6 is 15.9 Å². The standard InChI is InChI=1S/C27H26BrF3N4O3/c1-37-21-10-12-35(17-21)11-3-13-38-23-8-7-19(26-32-16-24(34-26)27(29,30)31)15-22(23)33-25(36)9-6-18-4-2-5-20(28)14-18/h2,4-5,7-8,14-16,21H,3,10-13,17H2,1H3,(H,32,34)(H,33,36). The maximum absolute atomic E-state index is 13.0. The van der Waals surface area contributed by atoms with E-state index in [4.69, 9.17) is 9.47 Å². The van der Waals surface area contributed by atoms with Crippen LogP contribution in [-0.4, -0.2) is 60.2 Å². The zero-order valence-electron chi connectivity index (χ0n) is 20.6. The van der Waals surface area contributed by atoms with Crippen LogP contribution in [0.3, 0.4) is 0 Å². The van der Waals surface area contributed by atoms with Crippen molar-refractivity contribution in [2.24, 2.45) is 0 Å². The van der Waals surface area contributed by atoms with Crippen molar-refractivity contribution in [1.82, 2.24) is 14.9 Å². The predicted molar refractivity (Wildman–Crippen MR) is 141 cm³/mol. The molecule has 0 spiro atoms. The quantitative estimate of drug-likeness (QED) is 0.273. The van der Waals surface area contributed by atoms with Gasteiger partial charge >= 0.3 is 12.1 Å². The molecule has 1 amide bonds. The van der Waals surface area contributed by atoms with Crippen LogP contribution in [-0.2, 0) is 15.7 Å². The summed E-state index contributed by atoms with van der Waals surface area (Å²) in [7, 11) is 1.71. The number of aromatic nitrogens is 2. The number of aromatic amines is 1. The Hall–Kier alpha value is -3.33. The molecule has 1 aromatic heterocycles. The Morgan fingerprint density at radius 3 is 2.84 bits per heavy atom. The minimum atomic E-state index is -4.55. The van der Waals surface area contributed by atoms with Crippen LogP contribution in [0.4, 0.5) is 18.9 Å². The van der Waals surface area contributed by atoms with E-state index < -0.39 is 17.8 Å². The van der Waals surface area contributed by atoms with Gasteiger partial charge in [0, 0.05) is 48.3 Å². The minimum Gasteiger partial charge on any atom is -0.491 e. The lowest BCUT2D eigenvalue weighted by molar-refractivity contribution is -0.140. The van der Waals surface area contributed by atoms with Crippen LogP contribution in [0.15, 0.2) is 53.1 Å². The second kappa shape index (κ2) is 12.5. The van der Waals surface area contributed by atoms with E-state index in [1.54, 1.807) is 37.4 Å². The molecule has 0 radical (unpaired) electrons. The summed E-state index contributed by atoms with van der Waals surface area (Å²) >= 11 is 3.36. The van der Waals surface area contributed by atoms with Gasteiger partial charge in [-0.2, -0.15) is 13.2 Å². The Morgan fingerprint density at radius 2 is 2.13 bits per heavy atom. The largest absolute Gasteiger partial charge is 0.491 e. The van der Waals surface area contributed by atoms with Gasteiger partial charge in [0.25, 0.3) is 0 Å². The third-order valence-corrected chi connectivity index (χ3v) is 6.46. The monoisotopic (exact) mass is 590 g/mol. The van der Waals surface area contributed by atoms with E-state index in [9.17, 15) is 18.0 Å². The molecule has 2 aromatic carbocycles. The minimum absolute atomic E-state index is 0.0151. The summed E-state index contributed by atoms with van der Waals surface area (Å²) in [6.07, 6.45) is -1.82. The van der Waals surface area contributed by atoms with Gasteiger partial charge in [0.15, 0.2) is 0 Å². The van der Waals surface area contributed by atoms with Gasteiger partial charge in [0.2, 0.25) is 0 Å². The highest BCUT2D eigenvalue weighted by atomic mass is 79.9. The molecular formula is C27H26BrF3N4O3. The molecule has 1 aliphatic rings. The van der Waals surface area contributed by atoms with Gasteiger partial charge in [0.05, 0.1) is 24.6 Å². The lowest BCUT2D eigenvalue weighted by Gasteiger charge is -2.17. The molecule has 1 unspecified atom stereocenters. The zero-order chi connectivity index (χ0) is 27.1. The summed E-state index contributed by atoms with van der Waals surface area (Å²) in [5, 5.41) is 2.70. The molecule has 38 heavy (non-hydrogen) atoms. The molecular weight excluding hydrogens is 565 g/mol. The molecule has 3 aromatic rings. The van der Waals surface area contributed by atoms with Crippen molar-refractivity contribution < 1.29 is 27.4 Å². The first kappa shape index (κ1) is 27.7. The van der Waals surface area contributed by atoms with E-state index in [1.807, 2.05) is 6.07 Å². The van der Waals surface area contributed by atoms with Crippen LogP contribution in [0.5, 0.6) is 5.75 Å². The number of H-pyrrole nitrogens is 1.